The number of guanidine groups is 1. The average molecular weight is 364 g/mol. The number of aromatic nitrogens is 5. The normalized spacial score (nSPS) is 16.4. The van der Waals surface area contributed by atoms with Gasteiger partial charge < -0.3 is 5.73 Å². The zero-order valence-corrected chi connectivity index (χ0v) is 15.9. The quantitative estimate of drug-likeness (QED) is 0.650. The van der Waals surface area contributed by atoms with Crippen molar-refractivity contribution in [3.8, 4) is 0 Å². The highest BCUT2D eigenvalue weighted by Crippen LogP contribution is 2.13. The maximum Gasteiger partial charge on any atom is 0.216 e. The van der Waals surface area contributed by atoms with Gasteiger partial charge in [0.15, 0.2) is 0 Å². The van der Waals surface area contributed by atoms with Crippen molar-refractivity contribution in [1.82, 2.24) is 24.8 Å². The first-order chi connectivity index (χ1) is 12.9. The van der Waals surface area contributed by atoms with E-state index in [0.717, 1.165) is 28.2 Å². The lowest BCUT2D eigenvalue weighted by Crippen LogP contribution is -2.15. The molecule has 0 radical (unpaired) electrons. The summed E-state index contributed by atoms with van der Waals surface area (Å²) in [6.07, 6.45) is 9.45. The van der Waals surface area contributed by atoms with Gasteiger partial charge in [-0.05, 0) is 38.0 Å². The van der Waals surface area contributed by atoms with Crippen LogP contribution in [0.25, 0.3) is 0 Å². The molecule has 2 aromatic heterocycles. The molecule has 3 rings (SSSR count). The highest BCUT2D eigenvalue weighted by Gasteiger charge is 2.10. The molecule has 1 aliphatic rings. The molecule has 0 fully saturated rings. The summed E-state index contributed by atoms with van der Waals surface area (Å²) >= 11 is 0. The minimum Gasteiger partial charge on any atom is -0.368 e. The summed E-state index contributed by atoms with van der Waals surface area (Å²) in [4.78, 5) is 8.67. The molecule has 0 spiro atoms. The molecule has 1 aliphatic carbocycles. The summed E-state index contributed by atoms with van der Waals surface area (Å²) < 4.78 is 3.73. The van der Waals surface area contributed by atoms with Crippen molar-refractivity contribution in [1.29, 1.82) is 0 Å². The van der Waals surface area contributed by atoms with Crippen LogP contribution in [0.3, 0.4) is 0 Å². The topological polar surface area (TPSA) is 99.3 Å². The van der Waals surface area contributed by atoms with Crippen LogP contribution in [0.15, 0.2) is 64.4 Å². The van der Waals surface area contributed by atoms with Crippen LogP contribution in [0.4, 0.5) is 0 Å². The fraction of sp³-hybridized carbons (Fsp3) is 0.316. The van der Waals surface area contributed by atoms with Crippen LogP contribution < -0.4 is 5.73 Å². The van der Waals surface area contributed by atoms with Gasteiger partial charge in [-0.3, -0.25) is 4.68 Å². The molecule has 0 bridgehead atoms. The lowest BCUT2D eigenvalue weighted by atomic mass is 10.00. The predicted octanol–water partition coefficient (Wildman–Crippen LogP) is 2.43. The molecule has 2 heterocycles. The highest BCUT2D eigenvalue weighted by molar-refractivity contribution is 6.18. The van der Waals surface area contributed by atoms with Crippen LogP contribution >= 0.6 is 0 Å². The van der Waals surface area contributed by atoms with Crippen molar-refractivity contribution in [3.63, 3.8) is 0 Å². The van der Waals surface area contributed by atoms with Crippen LogP contribution in [0, 0.1) is 0 Å². The first kappa shape index (κ1) is 18.5. The van der Waals surface area contributed by atoms with E-state index in [4.69, 9.17) is 5.73 Å². The van der Waals surface area contributed by atoms with E-state index in [9.17, 15) is 0 Å². The molecule has 8 heteroatoms. The minimum atomic E-state index is 0.196. The van der Waals surface area contributed by atoms with Crippen LogP contribution in [0.2, 0.25) is 0 Å². The van der Waals surface area contributed by atoms with E-state index in [-0.39, 0.29) is 5.96 Å². The van der Waals surface area contributed by atoms with Gasteiger partial charge in [-0.1, -0.05) is 30.0 Å². The third-order valence-corrected chi connectivity index (χ3v) is 4.10. The van der Waals surface area contributed by atoms with E-state index in [1.54, 1.807) is 10.9 Å². The number of nitrogens with two attached hydrogens (primary N) is 1. The van der Waals surface area contributed by atoms with E-state index in [0.29, 0.717) is 19.1 Å². The summed E-state index contributed by atoms with van der Waals surface area (Å²) in [6, 6.07) is 2.28. The first-order valence-corrected chi connectivity index (χ1v) is 8.78. The van der Waals surface area contributed by atoms with Gasteiger partial charge in [0.05, 0.1) is 30.7 Å². The molecule has 0 aliphatic heterocycles. The van der Waals surface area contributed by atoms with Gasteiger partial charge in [0.2, 0.25) is 5.96 Å². The number of allylic oxidation sites excluding steroid dienone is 5. The van der Waals surface area contributed by atoms with Crippen molar-refractivity contribution in [2.75, 3.05) is 0 Å². The van der Waals surface area contributed by atoms with E-state index in [1.165, 1.54) is 0 Å². The summed E-state index contributed by atoms with van der Waals surface area (Å²) in [5, 5.41) is 12.6. The number of aliphatic imine (C=N–C) groups is 2. The smallest absolute Gasteiger partial charge is 0.216 e. The number of hydrogen-bond donors (Lipinski definition) is 1. The second-order valence-corrected chi connectivity index (χ2v) is 6.64. The number of nitrogens with zero attached hydrogens (tertiary/aromatic N) is 7. The molecule has 2 aromatic rings. The highest BCUT2D eigenvalue weighted by atomic mass is 15.4. The molecule has 0 atom stereocenters. The average Bonchev–Trinajstić information content (AvgIpc) is 3.26. The largest absolute Gasteiger partial charge is 0.368 e. The van der Waals surface area contributed by atoms with Crippen molar-refractivity contribution in [3.05, 3.63) is 65.8 Å². The summed E-state index contributed by atoms with van der Waals surface area (Å²) in [6.45, 7) is 11.0. The van der Waals surface area contributed by atoms with Crippen LogP contribution in [0.5, 0.6) is 0 Å². The molecule has 27 heavy (non-hydrogen) atoms. The van der Waals surface area contributed by atoms with Gasteiger partial charge in [0.1, 0.15) is 5.69 Å². The third-order valence-electron chi connectivity index (χ3n) is 4.10. The van der Waals surface area contributed by atoms with Crippen molar-refractivity contribution < 1.29 is 0 Å². The molecule has 0 unspecified atom stereocenters. The molecule has 0 aromatic carbocycles. The monoisotopic (exact) mass is 364 g/mol. The summed E-state index contributed by atoms with van der Waals surface area (Å²) in [5.41, 5.74) is 10.3. The SMILES string of the molecule is C=C1C=CC=C(C)C1=NC(N)=NCc1cn(Cc2ccnn2C(C)C)nn1. The van der Waals surface area contributed by atoms with Crippen molar-refractivity contribution in [2.24, 2.45) is 15.7 Å². The fourth-order valence-electron chi connectivity index (χ4n) is 2.78. The van der Waals surface area contributed by atoms with Crippen molar-refractivity contribution >= 4 is 11.7 Å². The molecule has 0 saturated carbocycles. The zero-order valence-electron chi connectivity index (χ0n) is 15.9. The van der Waals surface area contributed by atoms with Gasteiger partial charge >= 0.3 is 0 Å². The van der Waals surface area contributed by atoms with Crippen LogP contribution in [-0.4, -0.2) is 36.4 Å². The van der Waals surface area contributed by atoms with E-state index in [2.05, 4.69) is 45.8 Å². The van der Waals surface area contributed by atoms with Crippen LogP contribution in [0.1, 0.15) is 38.2 Å². The van der Waals surface area contributed by atoms with E-state index >= 15 is 0 Å². The predicted molar refractivity (Wildman–Crippen MR) is 107 cm³/mol. The maximum atomic E-state index is 5.95. The fourth-order valence-corrected chi connectivity index (χ4v) is 2.78. The maximum absolute atomic E-state index is 5.95. The van der Waals surface area contributed by atoms with Gasteiger partial charge in [0, 0.05) is 12.2 Å². The number of rotatable bonds is 5. The Bertz CT molecular complexity index is 952. The van der Waals surface area contributed by atoms with E-state index < -0.39 is 0 Å². The van der Waals surface area contributed by atoms with Gasteiger partial charge in [-0.2, -0.15) is 5.10 Å². The molecule has 8 nitrogen and oxygen atoms in total. The Labute approximate surface area is 158 Å². The Balaban J connectivity index is 1.66. The second kappa shape index (κ2) is 7.94. The van der Waals surface area contributed by atoms with E-state index in [1.807, 2.05) is 42.1 Å². The third kappa shape index (κ3) is 4.46. The molecule has 2 N–H and O–H groups in total. The molecular weight excluding hydrogens is 340 g/mol. The molecule has 140 valence electrons. The van der Waals surface area contributed by atoms with Gasteiger partial charge in [0.25, 0.3) is 0 Å². The molecule has 0 amide bonds. The standard InChI is InChI=1S/C19H24N8/c1-13(2)27-17(8-9-22-27)12-26-11-16(24-25-26)10-21-19(20)23-18-14(3)6-5-7-15(18)4/h5-9,11,13H,3,10,12H2,1-2,4H3,(H2,20,21). The van der Waals surface area contributed by atoms with Crippen LogP contribution in [-0.2, 0) is 13.1 Å². The van der Waals surface area contributed by atoms with Gasteiger partial charge in [-0.15, -0.1) is 5.10 Å². The molecular formula is C19H24N8. The minimum absolute atomic E-state index is 0.196. The lowest BCUT2D eigenvalue weighted by molar-refractivity contribution is 0.490. The second-order valence-electron chi connectivity index (χ2n) is 6.64. The summed E-state index contributed by atoms with van der Waals surface area (Å²) in [5.74, 6) is 0.196. The van der Waals surface area contributed by atoms with Gasteiger partial charge in [-0.25, -0.2) is 14.7 Å². The zero-order chi connectivity index (χ0) is 19.4. The molecule has 0 saturated heterocycles. The Morgan fingerprint density at radius 3 is 2.93 bits per heavy atom. The first-order valence-electron chi connectivity index (χ1n) is 8.78. The van der Waals surface area contributed by atoms with Crippen molar-refractivity contribution in [2.45, 2.75) is 39.9 Å². The Morgan fingerprint density at radius 2 is 2.19 bits per heavy atom. The lowest BCUT2D eigenvalue weighted by Gasteiger charge is -2.10. The number of hydrogen-bond acceptors (Lipinski definition) is 4. The Morgan fingerprint density at radius 1 is 1.37 bits per heavy atom. The Kier molecular flexibility index (Phi) is 5.44. The Hall–Kier alpha value is -3.29. The summed E-state index contributed by atoms with van der Waals surface area (Å²) in [7, 11) is 0.